The Balaban J connectivity index is 2.15. The quantitative estimate of drug-likeness (QED) is 0.613. The average molecular weight is 377 g/mol. The van der Waals surface area contributed by atoms with Gasteiger partial charge in [0.05, 0.1) is 4.92 Å². The molecule has 9 heteroatoms. The number of nitro groups is 1. The minimum absolute atomic E-state index is 0.0805. The van der Waals surface area contributed by atoms with Crippen LogP contribution in [0.2, 0.25) is 0 Å². The predicted molar refractivity (Wildman–Crippen MR) is 96.0 cm³/mol. The van der Waals surface area contributed by atoms with Crippen LogP contribution < -0.4 is 10.3 Å². The van der Waals surface area contributed by atoms with Gasteiger partial charge in [0.2, 0.25) is 0 Å². The Morgan fingerprint density at radius 1 is 1.04 bits per heavy atom. The highest BCUT2D eigenvalue weighted by Gasteiger charge is 2.25. The molecule has 0 aromatic heterocycles. The number of amides is 1. The molecule has 0 unspecified atom stereocenters. The van der Waals surface area contributed by atoms with E-state index >= 15 is 0 Å². The number of nitrogens with one attached hydrogen (secondary N) is 2. The molecule has 0 aliphatic rings. The molecule has 0 aliphatic carbocycles. The Hall–Kier alpha value is -2.78. The fraction of sp³-hybridized carbons (Fsp3) is 0.235. The Labute approximate surface area is 151 Å². The molecule has 1 amide bonds. The largest absolute Gasteiger partial charge is 0.289 e. The van der Waals surface area contributed by atoms with Gasteiger partial charge in [-0.1, -0.05) is 45.0 Å². The second-order valence-corrected chi connectivity index (χ2v) is 8.26. The van der Waals surface area contributed by atoms with Crippen molar-refractivity contribution in [3.63, 3.8) is 0 Å². The fourth-order valence-electron chi connectivity index (χ4n) is 2.20. The Morgan fingerprint density at radius 2 is 1.62 bits per heavy atom. The lowest BCUT2D eigenvalue weighted by molar-refractivity contribution is -0.387. The molecular weight excluding hydrogens is 358 g/mol. The molecule has 0 heterocycles. The summed E-state index contributed by atoms with van der Waals surface area (Å²) in [5.41, 5.74) is 2.68. The lowest BCUT2D eigenvalue weighted by Gasteiger charge is -2.19. The van der Waals surface area contributed by atoms with Gasteiger partial charge in [-0.2, -0.15) is 0 Å². The Kier molecular flexibility index (Phi) is 5.43. The number of nitrogens with zero attached hydrogens (tertiary/aromatic N) is 1. The molecule has 2 N–H and O–H groups in total. The number of carbonyl (C=O) groups is 1. The minimum Gasteiger partial charge on any atom is -0.273 e. The van der Waals surface area contributed by atoms with Crippen LogP contribution in [-0.4, -0.2) is 19.2 Å². The molecule has 0 atom stereocenters. The lowest BCUT2D eigenvalue weighted by Crippen LogP contribution is -2.41. The molecule has 2 rings (SSSR count). The first-order valence-corrected chi connectivity index (χ1v) is 9.17. The van der Waals surface area contributed by atoms with Gasteiger partial charge in [0, 0.05) is 11.6 Å². The van der Waals surface area contributed by atoms with E-state index < -0.39 is 31.4 Å². The van der Waals surface area contributed by atoms with Crippen molar-refractivity contribution < 1.29 is 18.1 Å². The maximum atomic E-state index is 12.2. The molecule has 0 fully saturated rings. The zero-order valence-electron chi connectivity index (χ0n) is 14.5. The number of carbonyl (C=O) groups excluding carboxylic acids is 1. The predicted octanol–water partition coefficient (Wildman–Crippen LogP) is 2.52. The third-order valence-corrected chi connectivity index (χ3v) is 4.96. The van der Waals surface area contributed by atoms with E-state index in [2.05, 4.69) is 5.43 Å². The van der Waals surface area contributed by atoms with Gasteiger partial charge in [0.25, 0.3) is 21.6 Å². The fourth-order valence-corrected chi connectivity index (χ4v) is 3.21. The number of benzene rings is 2. The number of sulfonamides is 1. The first kappa shape index (κ1) is 19.5. The first-order chi connectivity index (χ1) is 12.0. The molecule has 2 aromatic carbocycles. The summed E-state index contributed by atoms with van der Waals surface area (Å²) in [5, 5.41) is 11.0. The number of hydrogen-bond acceptors (Lipinski definition) is 5. The molecule has 138 valence electrons. The summed E-state index contributed by atoms with van der Waals surface area (Å²) in [7, 11) is -4.29. The van der Waals surface area contributed by atoms with Gasteiger partial charge in [0.15, 0.2) is 4.90 Å². The van der Waals surface area contributed by atoms with Crippen LogP contribution in [0.1, 0.15) is 36.7 Å². The van der Waals surface area contributed by atoms with Crippen molar-refractivity contribution in [2.45, 2.75) is 31.1 Å². The highest BCUT2D eigenvalue weighted by Crippen LogP contribution is 2.23. The van der Waals surface area contributed by atoms with Crippen molar-refractivity contribution in [2.24, 2.45) is 0 Å². The second-order valence-electron chi connectivity index (χ2n) is 6.61. The zero-order valence-corrected chi connectivity index (χ0v) is 15.3. The number of rotatable bonds is 5. The van der Waals surface area contributed by atoms with Crippen molar-refractivity contribution in [1.29, 1.82) is 0 Å². The number of para-hydroxylation sites is 1. The van der Waals surface area contributed by atoms with Gasteiger partial charge < -0.3 is 0 Å². The van der Waals surface area contributed by atoms with Crippen LogP contribution >= 0.6 is 0 Å². The van der Waals surface area contributed by atoms with Gasteiger partial charge in [0.1, 0.15) is 0 Å². The smallest absolute Gasteiger partial charge is 0.273 e. The van der Waals surface area contributed by atoms with Gasteiger partial charge >= 0.3 is 0 Å². The van der Waals surface area contributed by atoms with Crippen LogP contribution in [0, 0.1) is 10.1 Å². The van der Waals surface area contributed by atoms with Crippen molar-refractivity contribution in [2.75, 3.05) is 0 Å². The molecule has 8 nitrogen and oxygen atoms in total. The zero-order chi connectivity index (χ0) is 19.5. The van der Waals surface area contributed by atoms with Gasteiger partial charge in [-0.3, -0.25) is 20.3 Å². The van der Waals surface area contributed by atoms with Gasteiger partial charge in [-0.25, -0.2) is 8.42 Å². The standard InChI is InChI=1S/C17H19N3O5S/c1-17(2,3)13-10-8-12(9-11-13)16(21)18-19-26(24,25)15-7-5-4-6-14(15)20(22)23/h4-11,19H,1-3H3,(H,18,21). The van der Waals surface area contributed by atoms with E-state index in [1.807, 2.05) is 25.6 Å². The third-order valence-electron chi connectivity index (χ3n) is 3.66. The van der Waals surface area contributed by atoms with E-state index in [-0.39, 0.29) is 11.0 Å². The topological polar surface area (TPSA) is 118 Å². The van der Waals surface area contributed by atoms with Crippen LogP contribution in [0.15, 0.2) is 53.4 Å². The molecule has 26 heavy (non-hydrogen) atoms. The van der Waals surface area contributed by atoms with Crippen LogP contribution in [-0.2, 0) is 15.4 Å². The lowest BCUT2D eigenvalue weighted by atomic mass is 9.87. The molecule has 0 aliphatic heterocycles. The molecule has 0 radical (unpaired) electrons. The second kappa shape index (κ2) is 7.22. The molecule has 0 saturated carbocycles. The van der Waals surface area contributed by atoms with Crippen LogP contribution in [0.4, 0.5) is 5.69 Å². The maximum absolute atomic E-state index is 12.2. The summed E-state index contributed by atoms with van der Waals surface area (Å²) in [4.78, 5) is 23.6. The van der Waals surface area contributed by atoms with E-state index in [0.29, 0.717) is 0 Å². The summed E-state index contributed by atoms with van der Waals surface area (Å²) in [5.74, 6) is -0.674. The van der Waals surface area contributed by atoms with Crippen molar-refractivity contribution >= 4 is 21.6 Å². The number of hydrogen-bond donors (Lipinski definition) is 2. The van der Waals surface area contributed by atoms with E-state index in [0.717, 1.165) is 17.7 Å². The van der Waals surface area contributed by atoms with Crippen LogP contribution in [0.3, 0.4) is 0 Å². The summed E-state index contributed by atoms with van der Waals surface area (Å²) >= 11 is 0. The van der Waals surface area contributed by atoms with Gasteiger partial charge in [-0.05, 0) is 29.2 Å². The highest BCUT2D eigenvalue weighted by molar-refractivity contribution is 7.89. The van der Waals surface area contributed by atoms with E-state index in [1.54, 1.807) is 24.3 Å². The minimum atomic E-state index is -4.29. The molecular formula is C17H19N3O5S. The van der Waals surface area contributed by atoms with Crippen LogP contribution in [0.25, 0.3) is 0 Å². The normalized spacial score (nSPS) is 11.8. The number of nitro benzene ring substituents is 1. The molecule has 0 spiro atoms. The van der Waals surface area contributed by atoms with Crippen molar-refractivity contribution in [3.8, 4) is 0 Å². The average Bonchev–Trinajstić information content (AvgIpc) is 2.59. The Morgan fingerprint density at radius 3 is 2.15 bits per heavy atom. The summed E-state index contributed by atoms with van der Waals surface area (Å²) in [6.07, 6.45) is 0. The molecule has 0 saturated heterocycles. The van der Waals surface area contributed by atoms with E-state index in [4.69, 9.17) is 0 Å². The molecule has 0 bridgehead atoms. The summed E-state index contributed by atoms with van der Waals surface area (Å²) in [6.45, 7) is 6.09. The number of hydrazine groups is 1. The van der Waals surface area contributed by atoms with E-state index in [9.17, 15) is 23.3 Å². The first-order valence-electron chi connectivity index (χ1n) is 7.68. The monoisotopic (exact) mass is 377 g/mol. The van der Waals surface area contributed by atoms with Crippen molar-refractivity contribution in [3.05, 3.63) is 69.8 Å². The summed E-state index contributed by atoms with van der Waals surface area (Å²) in [6, 6.07) is 11.6. The van der Waals surface area contributed by atoms with Gasteiger partial charge in [-0.15, -0.1) is 4.83 Å². The highest BCUT2D eigenvalue weighted by atomic mass is 32.2. The third kappa shape index (κ3) is 4.44. The Bertz CT molecular complexity index is 932. The summed E-state index contributed by atoms with van der Waals surface area (Å²) < 4.78 is 24.5. The van der Waals surface area contributed by atoms with Crippen molar-refractivity contribution in [1.82, 2.24) is 10.3 Å². The van der Waals surface area contributed by atoms with E-state index in [1.165, 1.54) is 12.1 Å². The molecule has 2 aromatic rings. The maximum Gasteiger partial charge on any atom is 0.289 e. The van der Waals surface area contributed by atoms with Crippen LogP contribution in [0.5, 0.6) is 0 Å². The SMILES string of the molecule is CC(C)(C)c1ccc(C(=O)NNS(=O)(=O)c2ccccc2[N+](=O)[O-])cc1.